The maximum Gasteiger partial charge on any atom is 0.164 e. The van der Waals surface area contributed by atoms with E-state index in [9.17, 15) is 28.8 Å². The maximum absolute atomic E-state index is 11.7. The van der Waals surface area contributed by atoms with Gasteiger partial charge in [-0.25, -0.2) is 0 Å². The van der Waals surface area contributed by atoms with Crippen molar-refractivity contribution >= 4 is 34.7 Å². The van der Waals surface area contributed by atoms with Crippen LogP contribution in [-0.2, 0) is 172 Å². The van der Waals surface area contributed by atoms with Crippen LogP contribution >= 0.6 is 0 Å². The van der Waals surface area contributed by atoms with Gasteiger partial charge in [-0.05, 0) is 139 Å². The maximum atomic E-state index is 11.7. The minimum Gasteiger partial charge on any atom is -0.525 e. The van der Waals surface area contributed by atoms with E-state index in [2.05, 4.69) is 46.2 Å². The second kappa shape index (κ2) is 49.9. The van der Waals surface area contributed by atoms with Gasteiger partial charge < -0.3 is 31.8 Å². The Labute approximate surface area is 511 Å². The molecule has 2 aromatic rings. The fraction of sp³-hybridized carbons (Fsp3) is 0.444. The Bertz CT molecular complexity index is 1800. The molecule has 0 bridgehead atoms. The van der Waals surface area contributed by atoms with Crippen molar-refractivity contribution in [2.24, 2.45) is 0 Å². The average Bonchev–Trinajstić information content (AvgIpc) is 3.26. The van der Waals surface area contributed by atoms with E-state index in [-0.39, 0.29) is 172 Å². The van der Waals surface area contributed by atoms with Crippen molar-refractivity contribution in [3.05, 3.63) is 133 Å². The number of hydrogen-bond donors (Lipinski definition) is 0. The van der Waals surface area contributed by atoms with Gasteiger partial charge in [-0.3, -0.25) is 41.6 Å². The van der Waals surface area contributed by atoms with Crippen LogP contribution in [0.25, 0.3) is 0 Å². The van der Waals surface area contributed by atoms with E-state index in [0.717, 1.165) is 37.9 Å². The minimum atomic E-state index is -0.210. The van der Waals surface area contributed by atoms with E-state index in [4.69, 9.17) is 18.9 Å². The standard InChI is InChI=1S/C18H21O4.C18H25O2.2C9H15O2.4Y/c1-12(2)16(21)9-5-6-11-22-17-10-7-8-15(13(3)19)18(17)14(4)20;1-5-15-10-9-12-18(16(15)6-2)20-13-8-7-11-17(19)14(3)4;2*1-8(2)9(10)6-4-5-7-11-3;;;;/h6-8,10H,1,5,9,11H2,2-4H3;8-10,12H,3,5-7,11,13H2,1-2,4H3;2*5H,1,4,6-7H2,2-3H3;;;;/q4*-1;;;;. The molecule has 68 heavy (non-hydrogen) atoms. The molecule has 0 aromatic heterocycles. The van der Waals surface area contributed by atoms with Gasteiger partial charge in [0.25, 0.3) is 0 Å². The minimum absolute atomic E-state index is 0. The van der Waals surface area contributed by atoms with Gasteiger partial charge in [0, 0.05) is 151 Å². The Hall–Kier alpha value is -0.644. The van der Waals surface area contributed by atoms with Crippen molar-refractivity contribution in [2.45, 2.75) is 120 Å². The Morgan fingerprint density at radius 2 is 0.809 bits per heavy atom. The Balaban J connectivity index is -0.000000193. The van der Waals surface area contributed by atoms with Gasteiger partial charge in [0.15, 0.2) is 34.7 Å². The van der Waals surface area contributed by atoms with Crippen molar-refractivity contribution < 1.29 is 179 Å². The number of ether oxygens (including phenoxy) is 4. The van der Waals surface area contributed by atoms with Crippen molar-refractivity contribution in [3.63, 3.8) is 0 Å². The zero-order chi connectivity index (χ0) is 49.0. The fourth-order valence-electron chi connectivity index (χ4n) is 5.44. The molecule has 0 aliphatic heterocycles. The van der Waals surface area contributed by atoms with Crippen molar-refractivity contribution in [1.29, 1.82) is 0 Å². The summed E-state index contributed by atoms with van der Waals surface area (Å²) in [5.74, 6) is 1.40. The summed E-state index contributed by atoms with van der Waals surface area (Å²) in [6, 6.07) is 11.2. The van der Waals surface area contributed by atoms with E-state index < -0.39 is 0 Å². The molecule has 0 unspecified atom stereocenters. The first-order valence-corrected chi connectivity index (χ1v) is 21.8. The van der Waals surface area contributed by atoms with Crippen molar-refractivity contribution in [3.8, 4) is 11.5 Å². The molecular weight excluding hydrogens is 1160 g/mol. The molecule has 0 atom stereocenters. The second-order valence-corrected chi connectivity index (χ2v) is 15.0. The molecule has 0 aliphatic rings. The number of aryl methyl sites for hydroxylation is 1. The van der Waals surface area contributed by atoms with E-state index in [1.54, 1.807) is 60.1 Å². The number of rotatable bonds is 30. The number of methoxy groups -OCH3 is 2. The Morgan fingerprint density at radius 3 is 1.12 bits per heavy atom. The van der Waals surface area contributed by atoms with Gasteiger partial charge >= 0.3 is 0 Å². The predicted molar refractivity (Wildman–Crippen MR) is 260 cm³/mol. The molecule has 0 spiro atoms. The molecule has 2 aromatic carbocycles. The SMILES string of the molecule is C=C(C)C(=O)CC[CH-]COC.C=C(C)C(=O)CC[CH-]COC.C=C(C)C(=O)CC[CH-]COc1cccc(C(C)=O)c1C(C)=O.C=C(C)C(=O)CC[CH-]COc1cccc(CC)c1CC.[Y].[Y].[Y].[Y]. The number of carbonyl (C=O) groups excluding carboxylic acids is 6. The number of Topliss-reactive ketones (excluding diaryl/α,β-unsaturated/α-hetero) is 6. The zero-order valence-electron chi connectivity index (χ0n) is 42.9. The third-order valence-corrected chi connectivity index (χ3v) is 9.21. The first-order chi connectivity index (χ1) is 30.3. The number of benzene rings is 2. The van der Waals surface area contributed by atoms with Gasteiger partial charge in [0.05, 0.1) is 5.56 Å². The molecule has 2 rings (SSSR count). The summed E-state index contributed by atoms with van der Waals surface area (Å²) in [5, 5.41) is 0. The number of unbranched alkanes of at least 4 members (excludes halogenated alkanes) is 4. The molecule has 10 nitrogen and oxygen atoms in total. The predicted octanol–water partition coefficient (Wildman–Crippen LogP) is 11.4. The monoisotopic (exact) mass is 1240 g/mol. The molecule has 0 amide bonds. The van der Waals surface area contributed by atoms with Gasteiger partial charge in [-0.15, -0.1) is 0 Å². The van der Waals surface area contributed by atoms with Gasteiger partial charge in [-0.2, -0.15) is 25.7 Å². The van der Waals surface area contributed by atoms with E-state index in [0.29, 0.717) is 91.1 Å². The van der Waals surface area contributed by atoms with Crippen LogP contribution in [0.2, 0.25) is 0 Å². The van der Waals surface area contributed by atoms with Crippen LogP contribution in [0.5, 0.6) is 11.5 Å². The molecule has 0 fully saturated rings. The molecule has 0 N–H and O–H groups in total. The van der Waals surface area contributed by atoms with Crippen LogP contribution in [0.15, 0.2) is 85.0 Å². The first kappa shape index (κ1) is 78.8. The van der Waals surface area contributed by atoms with Gasteiger partial charge in [0.2, 0.25) is 0 Å². The number of ketones is 6. The first-order valence-electron chi connectivity index (χ1n) is 21.8. The molecular formula is C54H76O10Y4-4. The molecule has 0 saturated heterocycles. The van der Waals surface area contributed by atoms with Crippen LogP contribution < -0.4 is 9.47 Å². The third-order valence-electron chi connectivity index (χ3n) is 9.21. The summed E-state index contributed by atoms with van der Waals surface area (Å²) in [5.41, 5.74) is 5.75. The zero-order valence-corrected chi connectivity index (χ0v) is 54.2. The summed E-state index contributed by atoms with van der Waals surface area (Å²) < 4.78 is 21.0. The van der Waals surface area contributed by atoms with Crippen molar-refractivity contribution in [1.82, 2.24) is 0 Å². The molecule has 0 aliphatic carbocycles. The molecule has 14 heteroatoms. The topological polar surface area (TPSA) is 139 Å². The van der Waals surface area contributed by atoms with Crippen molar-refractivity contribution in [2.75, 3.05) is 40.6 Å². The van der Waals surface area contributed by atoms with E-state index >= 15 is 0 Å². The average molecular weight is 1240 g/mol. The second-order valence-electron chi connectivity index (χ2n) is 15.0. The van der Waals surface area contributed by atoms with Crippen LogP contribution in [0, 0.1) is 25.7 Å². The summed E-state index contributed by atoms with van der Waals surface area (Å²) >= 11 is 0. The van der Waals surface area contributed by atoms with Gasteiger partial charge in [0.1, 0.15) is 11.5 Å². The normalized spacial score (nSPS) is 9.44. The Kier molecular flexibility index (Phi) is 57.8. The summed E-state index contributed by atoms with van der Waals surface area (Å²) in [7, 11) is 3.27. The number of carbonyl (C=O) groups is 6. The largest absolute Gasteiger partial charge is 0.525 e. The smallest absolute Gasteiger partial charge is 0.164 e. The molecule has 4 radical (unpaired) electrons. The summed E-state index contributed by atoms with van der Waals surface area (Å²) in [6.45, 7) is 30.4. The van der Waals surface area contributed by atoms with E-state index in [1.807, 2.05) is 37.8 Å². The summed E-state index contributed by atoms with van der Waals surface area (Å²) in [4.78, 5) is 68.0. The molecule has 0 saturated carbocycles. The number of hydrogen-bond acceptors (Lipinski definition) is 10. The quantitative estimate of drug-likeness (QED) is 0.0321. The number of allylic oxidation sites excluding steroid dienone is 4. The van der Waals surface area contributed by atoms with Crippen LogP contribution in [-0.4, -0.2) is 75.3 Å². The fourth-order valence-corrected chi connectivity index (χ4v) is 5.44. The van der Waals surface area contributed by atoms with E-state index in [1.165, 1.54) is 25.0 Å². The Morgan fingerprint density at radius 1 is 0.471 bits per heavy atom. The van der Waals surface area contributed by atoms with Gasteiger partial charge in [-0.1, -0.05) is 77.6 Å². The molecule has 0 heterocycles. The molecule has 368 valence electrons. The van der Waals surface area contributed by atoms with Crippen LogP contribution in [0.3, 0.4) is 0 Å². The van der Waals surface area contributed by atoms with Crippen LogP contribution in [0.1, 0.15) is 139 Å². The third kappa shape index (κ3) is 39.0. The van der Waals surface area contributed by atoms with Crippen LogP contribution in [0.4, 0.5) is 0 Å². The summed E-state index contributed by atoms with van der Waals surface area (Å²) in [6.07, 6.45) is 14.6.